The lowest BCUT2D eigenvalue weighted by molar-refractivity contribution is -0.153. The third-order valence-electron chi connectivity index (χ3n) is 3.27. The van der Waals surface area contributed by atoms with Crippen molar-refractivity contribution in [2.45, 2.75) is 19.0 Å². The van der Waals surface area contributed by atoms with E-state index in [-0.39, 0.29) is 29.0 Å². The van der Waals surface area contributed by atoms with Crippen LogP contribution in [0.25, 0.3) is 0 Å². The smallest absolute Gasteiger partial charge is 0.331 e. The van der Waals surface area contributed by atoms with Crippen LogP contribution < -0.4 is 16.0 Å². The molecule has 1 aromatic rings. The van der Waals surface area contributed by atoms with E-state index in [9.17, 15) is 19.2 Å². The van der Waals surface area contributed by atoms with Gasteiger partial charge >= 0.3 is 5.97 Å². The molecule has 11 nitrogen and oxygen atoms in total. The number of methoxy groups -OCH3 is 1. The molecule has 2 heterocycles. The van der Waals surface area contributed by atoms with Crippen LogP contribution in [0.3, 0.4) is 0 Å². The van der Waals surface area contributed by atoms with Crippen LogP contribution in [-0.4, -0.2) is 66.1 Å². The Bertz CT molecular complexity index is 782. The molecule has 1 aliphatic heterocycles. The lowest BCUT2D eigenvalue weighted by atomic mass is 9.99. The fraction of sp³-hybridized carbons (Fsp3) is 0.429. The van der Waals surface area contributed by atoms with Gasteiger partial charge in [-0.25, -0.2) is 9.78 Å². The average Bonchev–Trinajstić information content (AvgIpc) is 3.11. The van der Waals surface area contributed by atoms with Crippen molar-refractivity contribution >= 4 is 57.5 Å². The Morgan fingerprint density at radius 2 is 2.19 bits per heavy atom. The van der Waals surface area contributed by atoms with Crippen LogP contribution in [-0.2, 0) is 28.8 Å². The molecule has 0 aromatic carbocycles. The maximum atomic E-state index is 12.5. The molecule has 1 fully saturated rings. The van der Waals surface area contributed by atoms with E-state index in [4.69, 9.17) is 16.4 Å². The molecule has 146 valence electrons. The van der Waals surface area contributed by atoms with E-state index in [2.05, 4.69) is 30.8 Å². The van der Waals surface area contributed by atoms with Crippen molar-refractivity contribution in [3.8, 4) is 0 Å². The number of hydrogen-bond acceptors (Lipinski definition) is 9. The Balaban J connectivity index is 2.16. The first-order chi connectivity index (χ1) is 12.9. The van der Waals surface area contributed by atoms with Gasteiger partial charge < -0.3 is 25.5 Å². The van der Waals surface area contributed by atoms with E-state index in [1.54, 1.807) is 6.92 Å². The summed E-state index contributed by atoms with van der Waals surface area (Å²) in [5, 5.41) is 12.6. The molecule has 27 heavy (non-hydrogen) atoms. The zero-order chi connectivity index (χ0) is 20.0. The number of halogens is 1. The van der Waals surface area contributed by atoms with Crippen LogP contribution in [0.15, 0.2) is 10.5 Å². The molecule has 1 aromatic heterocycles. The number of rotatable bonds is 8. The molecule has 2 rings (SSSR count). The molecule has 3 N–H and O–H groups in total. The Labute approximate surface area is 162 Å². The Morgan fingerprint density at radius 1 is 1.44 bits per heavy atom. The van der Waals surface area contributed by atoms with E-state index in [1.807, 2.05) is 0 Å². The van der Waals surface area contributed by atoms with Crippen molar-refractivity contribution in [2.75, 3.05) is 24.9 Å². The fourth-order valence-electron chi connectivity index (χ4n) is 1.99. The summed E-state index contributed by atoms with van der Waals surface area (Å²) in [6.07, 6.45) is 0. The van der Waals surface area contributed by atoms with Crippen LogP contribution in [0, 0.1) is 0 Å². The normalized spacial score (nSPS) is 18.8. The zero-order valence-corrected chi connectivity index (χ0v) is 15.8. The summed E-state index contributed by atoms with van der Waals surface area (Å²) in [7, 11) is 1.17. The number of esters is 1. The quantitative estimate of drug-likeness (QED) is 0.165. The first-order valence-corrected chi connectivity index (χ1v) is 9.03. The second-order valence-electron chi connectivity index (χ2n) is 5.04. The summed E-state index contributed by atoms with van der Waals surface area (Å²) in [5.41, 5.74) is -0.104. The predicted octanol–water partition coefficient (Wildman–Crippen LogP) is -0.783. The average molecular weight is 418 g/mol. The summed E-state index contributed by atoms with van der Waals surface area (Å²) in [4.78, 5) is 56.1. The van der Waals surface area contributed by atoms with Crippen molar-refractivity contribution in [3.05, 3.63) is 11.1 Å². The number of ether oxygens (including phenoxy) is 1. The third kappa shape index (κ3) is 4.92. The highest BCUT2D eigenvalue weighted by molar-refractivity contribution is 7.14. The van der Waals surface area contributed by atoms with Gasteiger partial charge in [-0.15, -0.1) is 22.9 Å². The van der Waals surface area contributed by atoms with Gasteiger partial charge in [0.15, 0.2) is 16.9 Å². The molecule has 0 saturated carbocycles. The highest BCUT2D eigenvalue weighted by Crippen LogP contribution is 2.17. The van der Waals surface area contributed by atoms with E-state index in [1.165, 1.54) is 12.5 Å². The summed E-state index contributed by atoms with van der Waals surface area (Å²) in [6.45, 7) is 1.85. The second-order valence-corrected chi connectivity index (χ2v) is 6.16. The number of anilines is 1. The van der Waals surface area contributed by atoms with Gasteiger partial charge in [-0.2, -0.15) is 0 Å². The first-order valence-electron chi connectivity index (χ1n) is 7.62. The van der Waals surface area contributed by atoms with Crippen molar-refractivity contribution in [1.29, 1.82) is 0 Å². The molecular formula is C14H16ClN5O6S. The number of nitrogens with one attached hydrogen (secondary N) is 3. The summed E-state index contributed by atoms with van der Waals surface area (Å²) < 4.78 is 4.55. The maximum absolute atomic E-state index is 12.5. The minimum Gasteiger partial charge on any atom is -0.467 e. The molecule has 0 spiro atoms. The Hall–Kier alpha value is -2.73. The zero-order valence-electron chi connectivity index (χ0n) is 14.3. The molecule has 2 atom stereocenters. The topological polar surface area (TPSA) is 148 Å². The van der Waals surface area contributed by atoms with E-state index in [0.29, 0.717) is 0 Å². The van der Waals surface area contributed by atoms with Crippen LogP contribution in [0.1, 0.15) is 12.6 Å². The number of carbonyl (C=O) groups excluding carboxylic acids is 4. The molecule has 0 aliphatic carbocycles. The fourth-order valence-corrected chi connectivity index (χ4v) is 2.77. The molecule has 13 heteroatoms. The van der Waals surface area contributed by atoms with Crippen molar-refractivity contribution < 1.29 is 28.8 Å². The SMILES string of the molecule is CCO/N=C(\C(=O)NC1C(=O)NC1C(=O)OC)c1csc(NC(=O)CCl)n1. The van der Waals surface area contributed by atoms with Crippen molar-refractivity contribution in [2.24, 2.45) is 5.16 Å². The minimum atomic E-state index is -1.11. The number of β-lactam (4-membered cyclic amide) rings is 1. The van der Waals surface area contributed by atoms with Gasteiger partial charge in [0, 0.05) is 5.38 Å². The number of oxime groups is 1. The predicted molar refractivity (Wildman–Crippen MR) is 95.5 cm³/mol. The minimum absolute atomic E-state index is 0.116. The standard InChI is InChI=1S/C14H16ClN5O6S/c1-3-26-20-8(6-5-27-14(16-6)17-7(21)4-15)11(22)18-9-10(13(24)25-2)19-12(9)23/h5,9-10H,3-4H2,1-2H3,(H,18,22)(H,19,23)(H,16,17,21)/b20-8-. The van der Waals surface area contributed by atoms with E-state index < -0.39 is 35.8 Å². The number of aromatic nitrogens is 1. The maximum Gasteiger partial charge on any atom is 0.331 e. The monoisotopic (exact) mass is 417 g/mol. The van der Waals surface area contributed by atoms with E-state index >= 15 is 0 Å². The van der Waals surface area contributed by atoms with Crippen LogP contribution in [0.5, 0.6) is 0 Å². The van der Waals surface area contributed by atoms with Crippen LogP contribution in [0.2, 0.25) is 0 Å². The summed E-state index contributed by atoms with van der Waals surface area (Å²) >= 11 is 6.47. The van der Waals surface area contributed by atoms with Crippen LogP contribution in [0.4, 0.5) is 5.13 Å². The molecule has 3 amide bonds. The number of thiazole rings is 1. The second kappa shape index (κ2) is 9.28. The highest BCUT2D eigenvalue weighted by atomic mass is 35.5. The molecular weight excluding hydrogens is 402 g/mol. The van der Waals surface area contributed by atoms with Gasteiger partial charge in [0.25, 0.3) is 5.91 Å². The number of amides is 3. The van der Waals surface area contributed by atoms with Crippen molar-refractivity contribution in [3.63, 3.8) is 0 Å². The summed E-state index contributed by atoms with van der Waals surface area (Å²) in [5.74, 6) is -2.72. The first kappa shape index (κ1) is 20.6. The van der Waals surface area contributed by atoms with Gasteiger partial charge in [-0.1, -0.05) is 5.16 Å². The highest BCUT2D eigenvalue weighted by Gasteiger charge is 2.46. The lowest BCUT2D eigenvalue weighted by Gasteiger charge is -2.34. The number of nitrogens with zero attached hydrogens (tertiary/aromatic N) is 2. The van der Waals surface area contributed by atoms with Gasteiger partial charge in [0.1, 0.15) is 24.2 Å². The van der Waals surface area contributed by atoms with Gasteiger partial charge in [0.2, 0.25) is 11.8 Å². The number of carbonyl (C=O) groups is 4. The molecule has 0 bridgehead atoms. The Kier molecular flexibility index (Phi) is 7.07. The summed E-state index contributed by atoms with van der Waals surface area (Å²) in [6, 6.07) is -2.10. The van der Waals surface area contributed by atoms with Crippen LogP contribution >= 0.6 is 22.9 Å². The molecule has 2 unspecified atom stereocenters. The molecule has 1 aliphatic rings. The van der Waals surface area contributed by atoms with Gasteiger partial charge in [0.05, 0.1) is 7.11 Å². The lowest BCUT2D eigenvalue weighted by Crippen LogP contribution is -2.72. The third-order valence-corrected chi connectivity index (χ3v) is 4.27. The van der Waals surface area contributed by atoms with Crippen molar-refractivity contribution in [1.82, 2.24) is 15.6 Å². The number of alkyl halides is 1. The Morgan fingerprint density at radius 3 is 2.78 bits per heavy atom. The van der Waals surface area contributed by atoms with Gasteiger partial charge in [-0.3, -0.25) is 14.4 Å². The number of hydrogen-bond donors (Lipinski definition) is 3. The molecule has 0 radical (unpaired) electrons. The molecule has 1 saturated heterocycles. The van der Waals surface area contributed by atoms with Gasteiger partial charge in [-0.05, 0) is 6.92 Å². The van der Waals surface area contributed by atoms with E-state index in [0.717, 1.165) is 11.3 Å². The largest absolute Gasteiger partial charge is 0.467 e.